The Morgan fingerprint density at radius 1 is 1.67 bits per heavy atom. The second kappa shape index (κ2) is 2.80. The first-order chi connectivity index (χ1) is 5.54. The van der Waals surface area contributed by atoms with Gasteiger partial charge >= 0.3 is 11.6 Å². The first-order valence-corrected chi connectivity index (χ1v) is 3.32. The molecule has 1 aromatic rings. The number of hydrogen-bond donors (Lipinski definition) is 0. The molecule has 66 valence electrons. The fraction of sp³-hybridized carbons (Fsp3) is 0.500. The molecule has 6 nitrogen and oxygen atoms in total. The summed E-state index contributed by atoms with van der Waals surface area (Å²) in [5.74, 6) is -0.342. The van der Waals surface area contributed by atoms with Crippen LogP contribution in [0.1, 0.15) is 16.2 Å². The van der Waals surface area contributed by atoms with Gasteiger partial charge in [0.25, 0.3) is 0 Å². The van der Waals surface area contributed by atoms with E-state index in [9.17, 15) is 10.0 Å². The third-order valence-corrected chi connectivity index (χ3v) is 1.43. The maximum atomic E-state index is 11.2. The molecule has 12 heavy (non-hydrogen) atoms. The normalized spacial score (nSPS) is 9.92. The third kappa shape index (κ3) is 1.23. The molecule has 1 amide bonds. The van der Waals surface area contributed by atoms with Crippen LogP contribution in [-0.4, -0.2) is 30.1 Å². The minimum atomic E-state index is -0.342. The van der Waals surface area contributed by atoms with Gasteiger partial charge < -0.3 is 10.1 Å². The Morgan fingerprint density at radius 3 is 2.58 bits per heavy atom. The number of nitrogens with zero attached hydrogens (tertiary/aromatic N) is 3. The number of rotatable bonds is 1. The van der Waals surface area contributed by atoms with E-state index < -0.39 is 0 Å². The molecule has 0 fully saturated rings. The Hall–Kier alpha value is -1.59. The molecule has 1 aromatic heterocycles. The summed E-state index contributed by atoms with van der Waals surface area (Å²) < 4.78 is 4.23. The zero-order chi connectivity index (χ0) is 9.30. The summed E-state index contributed by atoms with van der Waals surface area (Å²) in [6, 6.07) is 0. The van der Waals surface area contributed by atoms with Gasteiger partial charge in [-0.1, -0.05) is 0 Å². The molecule has 0 spiro atoms. The Bertz CT molecular complexity index is 305. The number of hydrogen-bond acceptors (Lipinski definition) is 4. The van der Waals surface area contributed by atoms with Crippen LogP contribution < -0.4 is 4.90 Å². The highest BCUT2D eigenvalue weighted by Gasteiger charge is 2.23. The minimum Gasteiger partial charge on any atom is -0.359 e. The second-order valence-corrected chi connectivity index (χ2v) is 2.56. The number of aromatic nitrogens is 2. The Morgan fingerprint density at radius 2 is 2.25 bits per heavy atom. The maximum absolute atomic E-state index is 11.2. The Balaban J connectivity index is 3.04. The second-order valence-electron chi connectivity index (χ2n) is 2.56. The van der Waals surface area contributed by atoms with Crippen molar-refractivity contribution in [3.8, 4) is 0 Å². The van der Waals surface area contributed by atoms with E-state index >= 15 is 0 Å². The van der Waals surface area contributed by atoms with Gasteiger partial charge in [-0.25, -0.2) is 0 Å². The summed E-state index contributed by atoms with van der Waals surface area (Å²) in [7, 11) is 3.15. The summed E-state index contributed by atoms with van der Waals surface area (Å²) in [4.78, 5) is 12.8. The molecule has 6 heteroatoms. The molecule has 0 radical (unpaired) electrons. The van der Waals surface area contributed by atoms with Crippen molar-refractivity contribution >= 4 is 5.91 Å². The van der Waals surface area contributed by atoms with Crippen LogP contribution in [0.25, 0.3) is 0 Å². The fourth-order valence-corrected chi connectivity index (χ4v) is 0.697. The van der Waals surface area contributed by atoms with Crippen LogP contribution in [0.2, 0.25) is 0 Å². The lowest BCUT2D eigenvalue weighted by Crippen LogP contribution is -2.29. The van der Waals surface area contributed by atoms with Crippen LogP contribution in [0.4, 0.5) is 0 Å². The van der Waals surface area contributed by atoms with E-state index in [4.69, 9.17) is 0 Å². The molecule has 0 aliphatic carbocycles. The van der Waals surface area contributed by atoms with E-state index in [1.54, 1.807) is 14.1 Å². The van der Waals surface area contributed by atoms with Gasteiger partial charge in [-0.15, -0.1) is 0 Å². The van der Waals surface area contributed by atoms with Crippen molar-refractivity contribution in [2.75, 3.05) is 14.1 Å². The zero-order valence-corrected chi connectivity index (χ0v) is 7.07. The average molecular weight is 171 g/mol. The van der Waals surface area contributed by atoms with E-state index in [0.717, 1.165) is 0 Å². The van der Waals surface area contributed by atoms with Crippen molar-refractivity contribution in [3.63, 3.8) is 0 Å². The fourth-order valence-electron chi connectivity index (χ4n) is 0.697. The summed E-state index contributed by atoms with van der Waals surface area (Å²) in [6.07, 6.45) is 0. The number of amides is 1. The SMILES string of the molecule is Cc1c(C(=O)N(C)C)no[n+]1[O-]. The molecular formula is C6H9N3O3. The predicted octanol–water partition coefficient (Wildman–Crippen LogP) is -0.682. The first kappa shape index (κ1) is 8.51. The highest BCUT2D eigenvalue weighted by Crippen LogP contribution is 2.00. The minimum absolute atomic E-state index is 0.0509. The lowest BCUT2D eigenvalue weighted by Gasteiger charge is -2.04. The standard InChI is InChI=1S/C6H9N3O3/c1-4-5(6(10)8(2)3)7-12-9(4)11/h1-3H3. The molecular weight excluding hydrogens is 162 g/mol. The van der Waals surface area contributed by atoms with Gasteiger partial charge in [0.15, 0.2) is 0 Å². The summed E-state index contributed by atoms with van der Waals surface area (Å²) in [6.45, 7) is 1.47. The average Bonchev–Trinajstić information content (AvgIpc) is 2.32. The molecule has 0 unspecified atom stereocenters. The van der Waals surface area contributed by atoms with Gasteiger partial charge in [0.2, 0.25) is 5.69 Å². The molecule has 0 bridgehead atoms. The smallest absolute Gasteiger partial charge is 0.308 e. The van der Waals surface area contributed by atoms with Gasteiger partial charge in [0.05, 0.1) is 5.16 Å². The third-order valence-electron chi connectivity index (χ3n) is 1.43. The van der Waals surface area contributed by atoms with Gasteiger partial charge in [-0.2, -0.15) is 0 Å². The van der Waals surface area contributed by atoms with E-state index in [2.05, 4.69) is 9.79 Å². The summed E-state index contributed by atoms with van der Waals surface area (Å²) in [5, 5.41) is 14.0. The van der Waals surface area contributed by atoms with Crippen molar-refractivity contribution in [2.24, 2.45) is 0 Å². The zero-order valence-electron chi connectivity index (χ0n) is 7.07. The molecule has 0 saturated heterocycles. The topological polar surface area (TPSA) is 73.3 Å². The van der Waals surface area contributed by atoms with Crippen LogP contribution in [0.5, 0.6) is 0 Å². The van der Waals surface area contributed by atoms with Gasteiger partial charge in [-0.05, 0) is 4.90 Å². The van der Waals surface area contributed by atoms with Crippen LogP contribution >= 0.6 is 0 Å². The van der Waals surface area contributed by atoms with E-state index in [0.29, 0.717) is 0 Å². The summed E-state index contributed by atoms with van der Waals surface area (Å²) >= 11 is 0. The van der Waals surface area contributed by atoms with E-state index in [-0.39, 0.29) is 22.2 Å². The molecule has 0 aliphatic rings. The molecule has 0 saturated carbocycles. The quantitative estimate of drug-likeness (QED) is 0.524. The van der Waals surface area contributed by atoms with Crippen LogP contribution in [0.3, 0.4) is 0 Å². The van der Waals surface area contributed by atoms with Crippen molar-refractivity contribution in [1.82, 2.24) is 10.1 Å². The molecule has 0 aromatic carbocycles. The van der Waals surface area contributed by atoms with E-state index in [1.165, 1.54) is 11.8 Å². The molecule has 0 N–H and O–H groups in total. The Labute approximate surface area is 68.9 Å². The van der Waals surface area contributed by atoms with Crippen molar-refractivity contribution < 1.29 is 14.3 Å². The number of carbonyl (C=O) groups is 1. The maximum Gasteiger partial charge on any atom is 0.308 e. The van der Waals surface area contributed by atoms with Crippen LogP contribution in [0.15, 0.2) is 4.63 Å². The Kier molecular flexibility index (Phi) is 1.99. The van der Waals surface area contributed by atoms with Gasteiger partial charge in [0.1, 0.15) is 0 Å². The molecule has 0 atom stereocenters. The highest BCUT2D eigenvalue weighted by molar-refractivity contribution is 5.92. The van der Waals surface area contributed by atoms with Gasteiger partial charge in [-0.3, -0.25) is 9.42 Å². The molecule has 1 heterocycles. The first-order valence-electron chi connectivity index (χ1n) is 3.32. The largest absolute Gasteiger partial charge is 0.359 e. The predicted molar refractivity (Wildman–Crippen MR) is 38.2 cm³/mol. The van der Waals surface area contributed by atoms with Gasteiger partial charge in [0, 0.05) is 21.0 Å². The monoisotopic (exact) mass is 171 g/mol. The molecule has 0 aliphatic heterocycles. The lowest BCUT2D eigenvalue weighted by atomic mass is 10.3. The van der Waals surface area contributed by atoms with Crippen LogP contribution in [0, 0.1) is 12.1 Å². The highest BCUT2D eigenvalue weighted by atomic mass is 16.8. The van der Waals surface area contributed by atoms with E-state index in [1.807, 2.05) is 0 Å². The lowest BCUT2D eigenvalue weighted by molar-refractivity contribution is -0.806. The number of carbonyl (C=O) groups excluding carboxylic acids is 1. The van der Waals surface area contributed by atoms with Crippen molar-refractivity contribution in [2.45, 2.75) is 6.92 Å². The van der Waals surface area contributed by atoms with Crippen molar-refractivity contribution in [3.05, 3.63) is 16.6 Å². The molecule has 1 rings (SSSR count). The van der Waals surface area contributed by atoms with Crippen molar-refractivity contribution in [1.29, 1.82) is 0 Å². The summed E-state index contributed by atoms with van der Waals surface area (Å²) in [5.41, 5.74) is 0.226. The van der Waals surface area contributed by atoms with Crippen LogP contribution in [-0.2, 0) is 0 Å².